The van der Waals surface area contributed by atoms with Gasteiger partial charge >= 0.3 is 6.03 Å². The van der Waals surface area contributed by atoms with Crippen molar-refractivity contribution in [2.24, 2.45) is 5.84 Å². The van der Waals surface area contributed by atoms with E-state index in [2.05, 4.69) is 5.32 Å². The molecule has 0 fully saturated rings. The van der Waals surface area contributed by atoms with Crippen molar-refractivity contribution in [3.05, 3.63) is 34.9 Å². The van der Waals surface area contributed by atoms with Crippen molar-refractivity contribution >= 4 is 17.6 Å². The van der Waals surface area contributed by atoms with Crippen LogP contribution in [-0.4, -0.2) is 6.03 Å². The van der Waals surface area contributed by atoms with E-state index in [1.165, 1.54) is 0 Å². The summed E-state index contributed by atoms with van der Waals surface area (Å²) in [5, 5.41) is 3.19. The summed E-state index contributed by atoms with van der Waals surface area (Å²) in [6, 6.07) is 6.81. The van der Waals surface area contributed by atoms with Gasteiger partial charge in [-0.05, 0) is 17.7 Å². The first-order valence-corrected chi connectivity index (χ1v) is 4.09. The summed E-state index contributed by atoms with van der Waals surface area (Å²) < 4.78 is 0. The number of hydrogen-bond acceptors (Lipinski definition) is 2. The zero-order chi connectivity index (χ0) is 9.68. The molecule has 0 aliphatic heterocycles. The number of hydrazine groups is 1. The molecule has 0 unspecified atom stereocenters. The smallest absolute Gasteiger partial charge is 0.329 e. The van der Waals surface area contributed by atoms with Crippen LogP contribution in [0.1, 0.15) is 5.56 Å². The molecule has 70 valence electrons. The summed E-state index contributed by atoms with van der Waals surface area (Å²) >= 11 is 5.74. The first kappa shape index (κ1) is 9.83. The molecule has 4 N–H and O–H groups in total. The highest BCUT2D eigenvalue weighted by Crippen LogP contribution is 2.09. The van der Waals surface area contributed by atoms with Crippen molar-refractivity contribution in [3.8, 4) is 0 Å². The van der Waals surface area contributed by atoms with Crippen LogP contribution < -0.4 is 16.6 Å². The number of rotatable bonds is 2. The highest BCUT2D eigenvalue weighted by molar-refractivity contribution is 6.30. The lowest BCUT2D eigenvalue weighted by molar-refractivity contribution is 0.241. The van der Waals surface area contributed by atoms with Crippen LogP contribution in [0.5, 0.6) is 0 Å². The molecule has 0 saturated carbocycles. The van der Waals surface area contributed by atoms with E-state index >= 15 is 0 Å². The molecular weight excluding hydrogens is 190 g/mol. The molecule has 0 spiro atoms. The minimum Gasteiger partial charge on any atom is -0.333 e. The van der Waals surface area contributed by atoms with E-state index in [0.29, 0.717) is 11.6 Å². The van der Waals surface area contributed by atoms with E-state index in [1.54, 1.807) is 12.1 Å². The summed E-state index contributed by atoms with van der Waals surface area (Å²) in [6.07, 6.45) is 0. The van der Waals surface area contributed by atoms with E-state index in [4.69, 9.17) is 17.4 Å². The van der Waals surface area contributed by atoms with E-state index in [9.17, 15) is 4.79 Å². The normalized spacial score (nSPS) is 9.38. The molecule has 0 saturated heterocycles. The molecule has 0 aliphatic carbocycles. The Morgan fingerprint density at radius 2 is 2.31 bits per heavy atom. The van der Waals surface area contributed by atoms with Crippen molar-refractivity contribution in [2.45, 2.75) is 6.54 Å². The fourth-order valence-corrected chi connectivity index (χ4v) is 1.09. The maximum absolute atomic E-state index is 10.7. The Morgan fingerprint density at radius 3 is 2.92 bits per heavy atom. The molecule has 2 amide bonds. The van der Waals surface area contributed by atoms with Gasteiger partial charge in [0, 0.05) is 11.6 Å². The molecule has 1 aromatic carbocycles. The Hall–Kier alpha value is -1.26. The van der Waals surface area contributed by atoms with Gasteiger partial charge < -0.3 is 5.32 Å². The average Bonchev–Trinajstić information content (AvgIpc) is 2.14. The predicted octanol–water partition coefficient (Wildman–Crippen LogP) is 1.01. The van der Waals surface area contributed by atoms with Crippen molar-refractivity contribution in [1.82, 2.24) is 10.7 Å². The van der Waals surface area contributed by atoms with E-state index in [0.717, 1.165) is 5.56 Å². The summed E-state index contributed by atoms with van der Waals surface area (Å²) in [6.45, 7) is 0.406. The number of urea groups is 1. The van der Waals surface area contributed by atoms with Crippen molar-refractivity contribution in [2.75, 3.05) is 0 Å². The van der Waals surface area contributed by atoms with Gasteiger partial charge in [-0.2, -0.15) is 0 Å². The van der Waals surface area contributed by atoms with Gasteiger partial charge in [-0.1, -0.05) is 23.7 Å². The molecule has 0 radical (unpaired) electrons. The van der Waals surface area contributed by atoms with Crippen LogP contribution in [0.15, 0.2) is 24.3 Å². The summed E-state index contributed by atoms with van der Waals surface area (Å²) in [5.41, 5.74) is 2.89. The van der Waals surface area contributed by atoms with Crippen LogP contribution in [0, 0.1) is 0 Å². The Bertz CT molecular complexity index is 303. The lowest BCUT2D eigenvalue weighted by Gasteiger charge is -2.03. The highest BCUT2D eigenvalue weighted by atomic mass is 35.5. The Balaban J connectivity index is 2.50. The summed E-state index contributed by atoms with van der Waals surface area (Å²) in [7, 11) is 0. The quantitative estimate of drug-likeness (QED) is 0.378. The number of nitrogens with two attached hydrogens (primary N) is 1. The maximum Gasteiger partial charge on any atom is 0.329 e. The maximum atomic E-state index is 10.7. The van der Waals surface area contributed by atoms with Crippen molar-refractivity contribution in [1.29, 1.82) is 0 Å². The number of nitrogens with one attached hydrogen (secondary N) is 2. The van der Waals surface area contributed by atoms with E-state index in [1.807, 2.05) is 17.6 Å². The Labute approximate surface area is 81.0 Å². The molecule has 0 atom stereocenters. The van der Waals surface area contributed by atoms with Gasteiger partial charge in [-0.15, -0.1) is 0 Å². The minimum absolute atomic E-state index is 0.406. The van der Waals surface area contributed by atoms with Crippen LogP contribution in [0.25, 0.3) is 0 Å². The highest BCUT2D eigenvalue weighted by Gasteiger charge is 1.97. The van der Waals surface area contributed by atoms with E-state index in [-0.39, 0.29) is 0 Å². The molecule has 4 nitrogen and oxygen atoms in total. The molecule has 0 aromatic heterocycles. The van der Waals surface area contributed by atoms with Gasteiger partial charge in [0.05, 0.1) is 0 Å². The van der Waals surface area contributed by atoms with Crippen LogP contribution in [0.4, 0.5) is 4.79 Å². The molecule has 1 rings (SSSR count). The minimum atomic E-state index is -0.417. The second-order valence-electron chi connectivity index (χ2n) is 2.46. The monoisotopic (exact) mass is 199 g/mol. The SMILES string of the molecule is NNC(=O)NCc1cccc(Cl)c1. The second-order valence-corrected chi connectivity index (χ2v) is 2.89. The molecule has 0 aliphatic rings. The second kappa shape index (κ2) is 4.69. The molecule has 5 heteroatoms. The van der Waals surface area contributed by atoms with Crippen LogP contribution in [0.2, 0.25) is 5.02 Å². The molecule has 1 aromatic rings. The first-order valence-electron chi connectivity index (χ1n) is 3.71. The van der Waals surface area contributed by atoms with E-state index < -0.39 is 6.03 Å². The lowest BCUT2D eigenvalue weighted by atomic mass is 10.2. The standard InChI is InChI=1S/C8H10ClN3O/c9-7-3-1-2-6(4-7)5-11-8(13)12-10/h1-4H,5,10H2,(H2,11,12,13). The van der Waals surface area contributed by atoms with Gasteiger partial charge in [0.15, 0.2) is 0 Å². The third-order valence-corrected chi connectivity index (χ3v) is 1.71. The Kier molecular flexibility index (Phi) is 3.54. The van der Waals surface area contributed by atoms with Crippen LogP contribution >= 0.6 is 11.6 Å². The Morgan fingerprint density at radius 1 is 1.54 bits per heavy atom. The van der Waals surface area contributed by atoms with Crippen LogP contribution in [-0.2, 0) is 6.54 Å². The average molecular weight is 200 g/mol. The number of carbonyl (C=O) groups excluding carboxylic acids is 1. The number of carbonyl (C=O) groups is 1. The zero-order valence-electron chi connectivity index (χ0n) is 6.88. The van der Waals surface area contributed by atoms with Gasteiger partial charge in [0.2, 0.25) is 0 Å². The van der Waals surface area contributed by atoms with Crippen LogP contribution in [0.3, 0.4) is 0 Å². The molecule has 13 heavy (non-hydrogen) atoms. The van der Waals surface area contributed by atoms with Gasteiger partial charge in [0.1, 0.15) is 0 Å². The van der Waals surface area contributed by atoms with Crippen molar-refractivity contribution in [3.63, 3.8) is 0 Å². The third kappa shape index (κ3) is 3.31. The number of hydrogen-bond donors (Lipinski definition) is 3. The first-order chi connectivity index (χ1) is 6.22. The third-order valence-electron chi connectivity index (χ3n) is 1.47. The summed E-state index contributed by atoms with van der Waals surface area (Å²) in [5.74, 6) is 4.88. The van der Waals surface area contributed by atoms with Gasteiger partial charge in [-0.3, -0.25) is 5.43 Å². The van der Waals surface area contributed by atoms with Gasteiger partial charge in [0.25, 0.3) is 0 Å². The number of amides is 2. The lowest BCUT2D eigenvalue weighted by Crippen LogP contribution is -2.39. The van der Waals surface area contributed by atoms with Gasteiger partial charge in [-0.25, -0.2) is 10.6 Å². The number of halogens is 1. The molecule has 0 bridgehead atoms. The topological polar surface area (TPSA) is 67.1 Å². The molecule has 0 heterocycles. The fourth-order valence-electron chi connectivity index (χ4n) is 0.880. The predicted molar refractivity (Wildman–Crippen MR) is 51.0 cm³/mol. The number of benzene rings is 1. The molecular formula is C8H10ClN3O. The zero-order valence-corrected chi connectivity index (χ0v) is 7.64. The van der Waals surface area contributed by atoms with Crippen molar-refractivity contribution < 1.29 is 4.79 Å². The fraction of sp³-hybridized carbons (Fsp3) is 0.125. The largest absolute Gasteiger partial charge is 0.333 e. The summed E-state index contributed by atoms with van der Waals surface area (Å²) in [4.78, 5) is 10.7.